The molecule has 1 aromatic carbocycles. The third kappa shape index (κ3) is 3.63. The molecule has 0 heterocycles. The first-order valence-corrected chi connectivity index (χ1v) is 8.43. The molecule has 0 radical (unpaired) electrons. The topological polar surface area (TPSA) is 84.9 Å². The van der Waals surface area contributed by atoms with Crippen LogP contribution in [0.15, 0.2) is 18.2 Å². The summed E-state index contributed by atoms with van der Waals surface area (Å²) in [5.74, 6) is -0.725. The summed E-state index contributed by atoms with van der Waals surface area (Å²) in [5, 5.41) is 11.7. The van der Waals surface area contributed by atoms with E-state index in [1.54, 1.807) is 7.11 Å². The van der Waals surface area contributed by atoms with Crippen LogP contribution in [0.2, 0.25) is 0 Å². The molecule has 0 aliphatic heterocycles. The van der Waals surface area contributed by atoms with Crippen molar-refractivity contribution in [3.05, 3.63) is 23.8 Å². The monoisotopic (exact) mass is 333 g/mol. The van der Waals surface area contributed by atoms with Crippen LogP contribution < -0.4 is 14.8 Å². The number of carboxylic acids is 1. The largest absolute Gasteiger partial charge is 0.493 e. The van der Waals surface area contributed by atoms with Gasteiger partial charge in [0.15, 0.2) is 11.5 Å². The Morgan fingerprint density at radius 2 is 2.00 bits per heavy atom. The second kappa shape index (κ2) is 7.11. The van der Waals surface area contributed by atoms with E-state index in [1.165, 1.54) is 12.8 Å². The molecule has 2 N–H and O–H groups in total. The van der Waals surface area contributed by atoms with Gasteiger partial charge in [-0.3, -0.25) is 9.59 Å². The van der Waals surface area contributed by atoms with Crippen LogP contribution in [0.1, 0.15) is 37.7 Å². The lowest BCUT2D eigenvalue weighted by molar-refractivity contribution is -0.140. The number of rotatable bonds is 7. The van der Waals surface area contributed by atoms with Crippen LogP contribution in [0.3, 0.4) is 0 Å². The molecule has 2 atom stereocenters. The van der Waals surface area contributed by atoms with Crippen LogP contribution in [-0.4, -0.2) is 30.2 Å². The number of carboxylic acid groups (broad SMARTS) is 1. The smallest absolute Gasteiger partial charge is 0.307 e. The first-order chi connectivity index (χ1) is 11.6. The SMILES string of the molecule is COc1cccc(CNC(=O)[C@H]2C[C@@H]2C(=O)O)c1OC1CCCC1. The van der Waals surface area contributed by atoms with Crippen LogP contribution in [0.25, 0.3) is 0 Å². The molecule has 3 rings (SSSR count). The molecular formula is C18H23NO5. The van der Waals surface area contributed by atoms with Gasteiger partial charge in [-0.15, -0.1) is 0 Å². The molecule has 0 bridgehead atoms. The van der Waals surface area contributed by atoms with Crippen molar-refractivity contribution in [1.82, 2.24) is 5.32 Å². The minimum Gasteiger partial charge on any atom is -0.493 e. The highest BCUT2D eigenvalue weighted by atomic mass is 16.5. The number of amides is 1. The maximum absolute atomic E-state index is 12.1. The van der Waals surface area contributed by atoms with Gasteiger partial charge < -0.3 is 19.9 Å². The van der Waals surface area contributed by atoms with Gasteiger partial charge in [0.05, 0.1) is 25.0 Å². The number of carbonyl (C=O) groups is 2. The zero-order chi connectivity index (χ0) is 17.1. The Morgan fingerprint density at radius 1 is 1.25 bits per heavy atom. The Kier molecular flexibility index (Phi) is 4.92. The number of para-hydroxylation sites is 1. The van der Waals surface area contributed by atoms with Crippen LogP contribution in [0, 0.1) is 11.8 Å². The Bertz CT molecular complexity index is 624. The van der Waals surface area contributed by atoms with Gasteiger partial charge in [0, 0.05) is 12.1 Å². The number of aliphatic carboxylic acids is 1. The van der Waals surface area contributed by atoms with E-state index in [4.69, 9.17) is 14.6 Å². The third-order valence-corrected chi connectivity index (χ3v) is 4.76. The van der Waals surface area contributed by atoms with E-state index in [0.717, 1.165) is 18.4 Å². The molecule has 24 heavy (non-hydrogen) atoms. The predicted molar refractivity (Wildman–Crippen MR) is 87.0 cm³/mol. The minimum atomic E-state index is -0.901. The summed E-state index contributed by atoms with van der Waals surface area (Å²) >= 11 is 0. The van der Waals surface area contributed by atoms with Crippen molar-refractivity contribution in [3.63, 3.8) is 0 Å². The number of hydrogen-bond donors (Lipinski definition) is 2. The molecule has 1 aromatic rings. The standard InChI is InChI=1S/C18H23NO5/c1-23-15-8-4-5-11(16(15)24-12-6-2-3-7-12)10-19-17(20)13-9-14(13)18(21)22/h4-5,8,12-14H,2-3,6-7,9-10H2,1H3,(H,19,20)(H,21,22)/t13-,14-/m0/s1. The number of ether oxygens (including phenoxy) is 2. The molecule has 2 saturated carbocycles. The highest BCUT2D eigenvalue weighted by Gasteiger charge is 2.48. The normalized spacial score (nSPS) is 22.9. The predicted octanol–water partition coefficient (Wildman–Crippen LogP) is 2.35. The summed E-state index contributed by atoms with van der Waals surface area (Å²) < 4.78 is 11.5. The molecule has 6 nitrogen and oxygen atoms in total. The molecule has 0 spiro atoms. The third-order valence-electron chi connectivity index (χ3n) is 4.76. The van der Waals surface area contributed by atoms with Gasteiger partial charge in [-0.05, 0) is 38.2 Å². The first-order valence-electron chi connectivity index (χ1n) is 8.43. The lowest BCUT2D eigenvalue weighted by atomic mass is 10.1. The Labute approximate surface area is 141 Å². The highest BCUT2D eigenvalue weighted by Crippen LogP contribution is 2.39. The van der Waals surface area contributed by atoms with E-state index in [-0.39, 0.29) is 12.0 Å². The molecule has 2 fully saturated rings. The van der Waals surface area contributed by atoms with E-state index < -0.39 is 17.8 Å². The van der Waals surface area contributed by atoms with Crippen molar-refractivity contribution in [2.75, 3.05) is 7.11 Å². The Morgan fingerprint density at radius 3 is 2.62 bits per heavy atom. The fourth-order valence-electron chi connectivity index (χ4n) is 3.24. The highest BCUT2D eigenvalue weighted by molar-refractivity contribution is 5.89. The number of benzene rings is 1. The van der Waals surface area contributed by atoms with Gasteiger partial charge in [0.25, 0.3) is 0 Å². The zero-order valence-corrected chi connectivity index (χ0v) is 13.8. The fourth-order valence-corrected chi connectivity index (χ4v) is 3.24. The maximum Gasteiger partial charge on any atom is 0.307 e. The molecule has 1 amide bonds. The molecule has 130 valence electrons. The van der Waals surface area contributed by atoms with Crippen LogP contribution >= 0.6 is 0 Å². The molecule has 0 saturated heterocycles. The summed E-state index contributed by atoms with van der Waals surface area (Å²) in [4.78, 5) is 22.9. The van der Waals surface area contributed by atoms with Gasteiger partial charge >= 0.3 is 5.97 Å². The van der Waals surface area contributed by atoms with Crippen molar-refractivity contribution in [3.8, 4) is 11.5 Å². The molecule has 0 aromatic heterocycles. The second-order valence-corrected chi connectivity index (χ2v) is 6.48. The van der Waals surface area contributed by atoms with E-state index in [9.17, 15) is 9.59 Å². The zero-order valence-electron chi connectivity index (χ0n) is 13.8. The van der Waals surface area contributed by atoms with E-state index in [1.807, 2.05) is 18.2 Å². The molecule has 6 heteroatoms. The maximum atomic E-state index is 12.1. The van der Waals surface area contributed by atoms with Crippen LogP contribution in [0.5, 0.6) is 11.5 Å². The Balaban J connectivity index is 1.66. The number of carbonyl (C=O) groups excluding carboxylic acids is 1. The Hall–Kier alpha value is -2.24. The summed E-state index contributed by atoms with van der Waals surface area (Å²) in [6, 6.07) is 5.60. The quantitative estimate of drug-likeness (QED) is 0.800. The summed E-state index contributed by atoms with van der Waals surface area (Å²) in [5.41, 5.74) is 0.849. The van der Waals surface area contributed by atoms with Crippen molar-refractivity contribution in [2.45, 2.75) is 44.8 Å². The van der Waals surface area contributed by atoms with Gasteiger partial charge in [0.1, 0.15) is 0 Å². The first kappa shape index (κ1) is 16.6. The van der Waals surface area contributed by atoms with Gasteiger partial charge in [-0.2, -0.15) is 0 Å². The molecule has 0 unspecified atom stereocenters. The van der Waals surface area contributed by atoms with E-state index in [0.29, 0.717) is 24.5 Å². The van der Waals surface area contributed by atoms with Crippen LogP contribution in [0.4, 0.5) is 0 Å². The van der Waals surface area contributed by atoms with Gasteiger partial charge in [0.2, 0.25) is 5.91 Å². The lowest BCUT2D eigenvalue weighted by Crippen LogP contribution is -2.26. The number of nitrogens with one attached hydrogen (secondary N) is 1. The summed E-state index contributed by atoms with van der Waals surface area (Å²) in [7, 11) is 1.60. The fraction of sp³-hybridized carbons (Fsp3) is 0.556. The lowest BCUT2D eigenvalue weighted by Gasteiger charge is -2.19. The van der Waals surface area contributed by atoms with Gasteiger partial charge in [-0.25, -0.2) is 0 Å². The van der Waals surface area contributed by atoms with Gasteiger partial charge in [-0.1, -0.05) is 12.1 Å². The molecule has 2 aliphatic rings. The summed E-state index contributed by atoms with van der Waals surface area (Å²) in [6.45, 7) is 0.306. The van der Waals surface area contributed by atoms with E-state index in [2.05, 4.69) is 5.32 Å². The molecule has 2 aliphatic carbocycles. The minimum absolute atomic E-state index is 0.190. The number of hydrogen-bond acceptors (Lipinski definition) is 4. The van der Waals surface area contributed by atoms with E-state index >= 15 is 0 Å². The van der Waals surface area contributed by atoms with Crippen LogP contribution in [-0.2, 0) is 16.1 Å². The second-order valence-electron chi connectivity index (χ2n) is 6.48. The number of methoxy groups -OCH3 is 1. The average Bonchev–Trinajstić information content (AvgIpc) is 3.24. The molecular weight excluding hydrogens is 310 g/mol. The van der Waals surface area contributed by atoms with Crippen molar-refractivity contribution in [2.24, 2.45) is 11.8 Å². The average molecular weight is 333 g/mol. The van der Waals surface area contributed by atoms with Crippen molar-refractivity contribution in [1.29, 1.82) is 0 Å². The summed E-state index contributed by atoms with van der Waals surface area (Å²) in [6.07, 6.45) is 5.02. The van der Waals surface area contributed by atoms with Crippen molar-refractivity contribution >= 4 is 11.9 Å². The van der Waals surface area contributed by atoms with Crippen molar-refractivity contribution < 1.29 is 24.2 Å².